The SMILES string of the molecule is CO[C@H]1/C=C/O[C@@]2(C)Oc3c(C)c(O)c4c(c3C2=O)C(=O)C(Br)=C(NC(=O)/C(C)=C/C=C/[C@H](C)[C@H](O)[C@@H](C)[C@@H](O)[C@@H](C)[C@H](OC(C)=O)[C@@H]1C)C4=O. The molecule has 9 atom stereocenters. The van der Waals surface area contributed by atoms with E-state index in [0.717, 1.165) is 6.26 Å². The molecule has 51 heavy (non-hydrogen) atoms. The van der Waals surface area contributed by atoms with Gasteiger partial charge >= 0.3 is 11.8 Å². The summed E-state index contributed by atoms with van der Waals surface area (Å²) in [4.78, 5) is 67.0. The van der Waals surface area contributed by atoms with Gasteiger partial charge in [-0.15, -0.1) is 0 Å². The molecular weight excluding hydrogens is 730 g/mol. The van der Waals surface area contributed by atoms with Crippen molar-refractivity contribution in [3.63, 3.8) is 0 Å². The zero-order valence-electron chi connectivity index (χ0n) is 29.9. The molecule has 5 rings (SSSR count). The molecule has 4 aliphatic rings. The van der Waals surface area contributed by atoms with Gasteiger partial charge in [-0.1, -0.05) is 45.9 Å². The Bertz CT molecular complexity index is 1780. The van der Waals surface area contributed by atoms with Gasteiger partial charge in [0.15, 0.2) is 0 Å². The van der Waals surface area contributed by atoms with Crippen molar-refractivity contribution in [2.75, 3.05) is 7.11 Å². The number of methoxy groups -OCH3 is 1. The Morgan fingerprint density at radius 1 is 0.941 bits per heavy atom. The molecule has 0 saturated carbocycles. The van der Waals surface area contributed by atoms with Crippen molar-refractivity contribution < 1.29 is 58.2 Å². The summed E-state index contributed by atoms with van der Waals surface area (Å²) in [5.41, 5.74) is -1.45. The molecule has 14 heteroatoms. The number of ketones is 3. The number of esters is 1. The smallest absolute Gasteiger partial charge is 0.312 e. The molecule has 1 aromatic carbocycles. The van der Waals surface area contributed by atoms with Gasteiger partial charge in [0.2, 0.25) is 11.6 Å². The molecule has 1 aromatic rings. The number of aliphatic hydroxyl groups is 2. The normalized spacial score (nSPS) is 34.2. The number of nitrogens with one attached hydrogen (secondary N) is 1. The second-order valence-electron chi connectivity index (χ2n) is 13.5. The number of aliphatic hydroxyl groups excluding tert-OH is 2. The molecule has 0 aromatic heterocycles. The first-order chi connectivity index (χ1) is 23.8. The van der Waals surface area contributed by atoms with Gasteiger partial charge in [-0.2, -0.15) is 0 Å². The maximum atomic E-state index is 14.0. The van der Waals surface area contributed by atoms with Crippen LogP contribution in [0.25, 0.3) is 0 Å². The summed E-state index contributed by atoms with van der Waals surface area (Å²) in [5, 5.41) is 36.2. The fraction of sp³-hybridized carbons (Fsp3) is 0.486. The average Bonchev–Trinajstić information content (AvgIpc) is 3.35. The number of rotatable bonds is 2. The van der Waals surface area contributed by atoms with Gasteiger partial charge in [-0.25, -0.2) is 0 Å². The number of ether oxygens (including phenoxy) is 4. The summed E-state index contributed by atoms with van der Waals surface area (Å²) < 4.78 is 22.8. The van der Waals surface area contributed by atoms with Gasteiger partial charge in [-0.05, 0) is 35.9 Å². The molecule has 0 fully saturated rings. The summed E-state index contributed by atoms with van der Waals surface area (Å²) in [6.45, 7) is 12.3. The summed E-state index contributed by atoms with van der Waals surface area (Å²) in [6, 6.07) is 0. The minimum Gasteiger partial charge on any atom is -0.507 e. The standard InChI is InChI=1S/C37H44BrNO12/c1-15-11-10-12-16(2)36(47)39-27-26(38)31(44)23-24(32(27)45)30(43)20(6)34-25(23)35(46)37(8,51-34)49-14-13-22(48-9)17(3)33(50-21(7)40)19(5)29(42)18(4)28(15)41/h10-15,17-19,22,28-29,33,41-43H,1-9H3,(H,39,47)/b11-10+,14-13+,16-12+/t15-,17+,18+,19+,22-,28-,29+,33+,37-/m0/s1. The fourth-order valence-electron chi connectivity index (χ4n) is 6.66. The number of allylic oxidation sites excluding steroid dienone is 4. The van der Waals surface area contributed by atoms with E-state index in [1.165, 1.54) is 47.0 Å². The molecule has 4 N–H and O–H groups in total. The molecule has 0 spiro atoms. The predicted octanol–water partition coefficient (Wildman–Crippen LogP) is 4.35. The third-order valence-electron chi connectivity index (χ3n) is 9.90. The van der Waals surface area contributed by atoms with E-state index in [0.29, 0.717) is 0 Å². The highest BCUT2D eigenvalue weighted by atomic mass is 79.9. The van der Waals surface area contributed by atoms with Crippen molar-refractivity contribution in [1.82, 2.24) is 5.32 Å². The number of amides is 1. The van der Waals surface area contributed by atoms with Crippen molar-refractivity contribution in [1.29, 1.82) is 0 Å². The molecule has 3 heterocycles. The van der Waals surface area contributed by atoms with Gasteiger partial charge < -0.3 is 39.6 Å². The van der Waals surface area contributed by atoms with Crippen molar-refractivity contribution in [3.05, 3.63) is 68.6 Å². The summed E-state index contributed by atoms with van der Waals surface area (Å²) >= 11 is 3.12. The Morgan fingerprint density at radius 3 is 2.20 bits per heavy atom. The van der Waals surface area contributed by atoms with Crippen molar-refractivity contribution in [2.24, 2.45) is 23.7 Å². The second-order valence-corrected chi connectivity index (χ2v) is 14.3. The second kappa shape index (κ2) is 15.2. The summed E-state index contributed by atoms with van der Waals surface area (Å²) in [5.74, 6) is -9.18. The Hall–Kier alpha value is -4.11. The minimum atomic E-state index is -2.05. The number of Topliss-reactive ketones (excluding diaryl/α,β-unsaturated/α-hetero) is 3. The first-order valence-corrected chi connectivity index (χ1v) is 17.3. The predicted molar refractivity (Wildman–Crippen MR) is 187 cm³/mol. The van der Waals surface area contributed by atoms with Crippen LogP contribution in [0, 0.1) is 30.6 Å². The van der Waals surface area contributed by atoms with E-state index in [2.05, 4.69) is 21.2 Å². The highest BCUT2D eigenvalue weighted by molar-refractivity contribution is 9.12. The van der Waals surface area contributed by atoms with Gasteiger partial charge in [-0.3, -0.25) is 24.0 Å². The molecule has 0 unspecified atom stereocenters. The van der Waals surface area contributed by atoms with E-state index in [1.54, 1.807) is 39.8 Å². The molecule has 3 aliphatic heterocycles. The monoisotopic (exact) mass is 773 g/mol. The van der Waals surface area contributed by atoms with Crippen LogP contribution in [0.5, 0.6) is 11.5 Å². The van der Waals surface area contributed by atoms with Crippen LogP contribution in [0.2, 0.25) is 0 Å². The Labute approximate surface area is 304 Å². The zero-order chi connectivity index (χ0) is 38.3. The maximum Gasteiger partial charge on any atom is 0.312 e. The van der Waals surface area contributed by atoms with Gasteiger partial charge in [0.1, 0.15) is 23.3 Å². The maximum absolute atomic E-state index is 14.0. The number of carbonyl (C=O) groups excluding carboxylic acids is 5. The van der Waals surface area contributed by atoms with E-state index < -0.39 is 106 Å². The number of benzene rings is 1. The van der Waals surface area contributed by atoms with Crippen molar-refractivity contribution in [3.8, 4) is 11.5 Å². The molecule has 0 saturated heterocycles. The highest BCUT2D eigenvalue weighted by Crippen LogP contribution is 2.49. The topological polar surface area (TPSA) is 195 Å². The highest BCUT2D eigenvalue weighted by Gasteiger charge is 2.52. The number of carbonyl (C=O) groups is 5. The Kier molecular flexibility index (Phi) is 11.9. The van der Waals surface area contributed by atoms with E-state index in [-0.39, 0.29) is 26.9 Å². The molecular formula is C37H44BrNO12. The van der Waals surface area contributed by atoms with Crippen LogP contribution in [0.15, 0.2) is 46.3 Å². The number of fused-ring (bicyclic) bond motifs is 14. The van der Waals surface area contributed by atoms with Crippen LogP contribution >= 0.6 is 15.9 Å². The molecule has 1 aliphatic carbocycles. The van der Waals surface area contributed by atoms with Crippen LogP contribution < -0.4 is 10.1 Å². The number of phenols is 1. The lowest BCUT2D eigenvalue weighted by Crippen LogP contribution is -2.46. The van der Waals surface area contributed by atoms with Crippen LogP contribution in [0.4, 0.5) is 0 Å². The van der Waals surface area contributed by atoms with E-state index >= 15 is 0 Å². The number of phenolic OH excluding ortho intramolecular Hbond substituents is 1. The van der Waals surface area contributed by atoms with E-state index in [9.17, 15) is 39.3 Å². The van der Waals surface area contributed by atoms with E-state index in [4.69, 9.17) is 18.9 Å². The fourth-order valence-corrected chi connectivity index (χ4v) is 7.13. The summed E-state index contributed by atoms with van der Waals surface area (Å²) in [7, 11) is 1.42. The zero-order valence-corrected chi connectivity index (χ0v) is 31.5. The van der Waals surface area contributed by atoms with Gasteiger partial charge in [0.25, 0.3) is 11.7 Å². The van der Waals surface area contributed by atoms with Crippen molar-refractivity contribution in [2.45, 2.75) is 85.6 Å². The van der Waals surface area contributed by atoms with Gasteiger partial charge in [0, 0.05) is 55.8 Å². The molecule has 0 radical (unpaired) electrons. The van der Waals surface area contributed by atoms with Crippen molar-refractivity contribution >= 4 is 45.2 Å². The number of halogens is 1. The molecule has 5 bridgehead atoms. The van der Waals surface area contributed by atoms with Crippen LogP contribution in [0.1, 0.15) is 85.1 Å². The lowest BCUT2D eigenvalue weighted by molar-refractivity contribution is -0.160. The largest absolute Gasteiger partial charge is 0.507 e. The van der Waals surface area contributed by atoms with Crippen LogP contribution in [0.3, 0.4) is 0 Å². The number of aromatic hydroxyl groups is 1. The minimum absolute atomic E-state index is 0.00400. The third kappa shape index (κ3) is 7.32. The Morgan fingerprint density at radius 2 is 1.59 bits per heavy atom. The molecule has 276 valence electrons. The lowest BCUT2D eigenvalue weighted by atomic mass is 9.78. The van der Waals surface area contributed by atoms with E-state index in [1.807, 2.05) is 0 Å². The quantitative estimate of drug-likeness (QED) is 0.311. The lowest BCUT2D eigenvalue weighted by Gasteiger charge is -2.38. The third-order valence-corrected chi connectivity index (χ3v) is 10.7. The average molecular weight is 775 g/mol. The number of hydrogen-bond donors (Lipinski definition) is 4. The van der Waals surface area contributed by atoms with Crippen LogP contribution in [-0.2, 0) is 23.8 Å². The van der Waals surface area contributed by atoms with Gasteiger partial charge in [0.05, 0.1) is 45.7 Å². The number of hydrogen-bond acceptors (Lipinski definition) is 12. The summed E-state index contributed by atoms with van der Waals surface area (Å²) in [6.07, 6.45) is 3.37. The Balaban J connectivity index is 1.86. The first kappa shape index (κ1) is 39.7. The first-order valence-electron chi connectivity index (χ1n) is 16.5. The van der Waals surface area contributed by atoms with Crippen LogP contribution in [-0.4, -0.2) is 81.9 Å². The molecule has 1 amide bonds. The molecule has 13 nitrogen and oxygen atoms in total.